The van der Waals surface area contributed by atoms with E-state index in [0.29, 0.717) is 31.4 Å². The molecule has 0 saturated carbocycles. The lowest BCUT2D eigenvalue weighted by molar-refractivity contribution is -0.192. The number of unbranched alkanes of at least 4 members (excludes halogenated alkanes) is 1. The number of carboxylic acids is 1. The summed E-state index contributed by atoms with van der Waals surface area (Å²) in [6.07, 6.45) is -3.01. The first-order valence-corrected chi connectivity index (χ1v) is 16.8. The van der Waals surface area contributed by atoms with Gasteiger partial charge in [-0.1, -0.05) is 36.8 Å². The number of aromatic hydroxyl groups is 1. The van der Waals surface area contributed by atoms with E-state index in [2.05, 4.69) is 26.3 Å². The average molecular weight is 766 g/mol. The predicted octanol–water partition coefficient (Wildman–Crippen LogP) is 0.636. The molecule has 0 saturated heterocycles. The fourth-order valence-electron chi connectivity index (χ4n) is 5.27. The van der Waals surface area contributed by atoms with E-state index in [1.165, 1.54) is 26.0 Å². The van der Waals surface area contributed by atoms with Crippen LogP contribution in [0.3, 0.4) is 0 Å². The summed E-state index contributed by atoms with van der Waals surface area (Å²) in [5.41, 5.74) is 13.3. The number of amides is 5. The number of para-hydroxylation sites is 1. The summed E-state index contributed by atoms with van der Waals surface area (Å²) in [5.74, 6) is -5.83. The summed E-state index contributed by atoms with van der Waals surface area (Å²) in [6.45, 7) is 3.01. The highest BCUT2D eigenvalue weighted by Crippen LogP contribution is 2.20. The van der Waals surface area contributed by atoms with Crippen molar-refractivity contribution in [3.63, 3.8) is 0 Å². The zero-order valence-corrected chi connectivity index (χ0v) is 29.6. The fraction of sp³-hybridized carbons (Fsp3) is 0.429. The number of rotatable bonds is 18. The number of aliphatic hydroxyl groups is 1. The number of aliphatic hydroxyl groups excluding tert-OH is 1. The van der Waals surface area contributed by atoms with Crippen LogP contribution in [0, 0.1) is 0 Å². The molecular weight excluding hydrogens is 719 g/mol. The zero-order valence-electron chi connectivity index (χ0n) is 29.6. The van der Waals surface area contributed by atoms with Crippen molar-refractivity contribution in [2.75, 3.05) is 6.54 Å². The molecule has 0 unspecified atom stereocenters. The minimum Gasteiger partial charge on any atom is -0.508 e. The molecule has 0 spiro atoms. The van der Waals surface area contributed by atoms with Crippen LogP contribution >= 0.6 is 0 Å². The number of aromatic nitrogens is 1. The topological polar surface area (TPSA) is 279 Å². The third-order valence-electron chi connectivity index (χ3n) is 7.93. The molecule has 0 fully saturated rings. The van der Waals surface area contributed by atoms with Gasteiger partial charge in [-0.25, -0.2) is 4.79 Å². The van der Waals surface area contributed by atoms with Gasteiger partial charge >= 0.3 is 12.1 Å². The van der Waals surface area contributed by atoms with Crippen molar-refractivity contribution in [2.45, 2.75) is 88.8 Å². The SMILES string of the molecule is CC(=O)N[C@@H](Cc1ccc(O)cc1)C(=O)N[C@H](Cc1c[nH]c2ccccc12)C(=O)N[C@@H](CCCCN)CC(=O)N[C@H](C(N)=O)[C@@H](C)O.O=C(O)C(F)(F)F. The molecule has 1 aromatic heterocycles. The number of carbonyl (C=O) groups is 6. The van der Waals surface area contributed by atoms with E-state index in [9.17, 15) is 47.4 Å². The fourth-order valence-corrected chi connectivity index (χ4v) is 5.27. The van der Waals surface area contributed by atoms with Crippen molar-refractivity contribution in [1.29, 1.82) is 0 Å². The van der Waals surface area contributed by atoms with Crippen molar-refractivity contribution in [2.24, 2.45) is 11.5 Å². The molecule has 12 N–H and O–H groups in total. The highest BCUT2D eigenvalue weighted by atomic mass is 19.4. The Morgan fingerprint density at radius 1 is 0.870 bits per heavy atom. The van der Waals surface area contributed by atoms with Gasteiger partial charge < -0.3 is 53.0 Å². The number of fused-ring (bicyclic) bond motifs is 1. The number of benzene rings is 2. The summed E-state index contributed by atoms with van der Waals surface area (Å²) in [5, 5.41) is 38.2. The molecule has 19 heteroatoms. The lowest BCUT2D eigenvalue weighted by atomic mass is 10.0. The Morgan fingerprint density at radius 2 is 1.46 bits per heavy atom. The van der Waals surface area contributed by atoms with Crippen molar-refractivity contribution in [3.05, 3.63) is 65.9 Å². The molecule has 0 radical (unpaired) electrons. The first-order chi connectivity index (χ1) is 25.3. The number of halogens is 3. The minimum atomic E-state index is -5.08. The lowest BCUT2D eigenvalue weighted by Gasteiger charge is -2.26. The van der Waals surface area contributed by atoms with Gasteiger partial charge in [0.25, 0.3) is 0 Å². The van der Waals surface area contributed by atoms with Crippen LogP contribution < -0.4 is 32.7 Å². The number of hydrogen-bond acceptors (Lipinski definition) is 9. The molecule has 0 aliphatic carbocycles. The second kappa shape index (κ2) is 21.1. The average Bonchev–Trinajstić information content (AvgIpc) is 3.49. The van der Waals surface area contributed by atoms with Gasteiger partial charge in [-0.3, -0.25) is 24.0 Å². The van der Waals surface area contributed by atoms with E-state index in [1.807, 2.05) is 24.3 Å². The molecule has 0 aliphatic rings. The normalized spacial score (nSPS) is 13.9. The largest absolute Gasteiger partial charge is 0.508 e. The molecule has 16 nitrogen and oxygen atoms in total. The van der Waals surface area contributed by atoms with Crippen LogP contribution in [0.2, 0.25) is 0 Å². The van der Waals surface area contributed by atoms with Gasteiger partial charge in [0.05, 0.1) is 6.10 Å². The van der Waals surface area contributed by atoms with E-state index in [0.717, 1.165) is 16.5 Å². The summed E-state index contributed by atoms with van der Waals surface area (Å²) in [6, 6.07) is 9.53. The number of H-pyrrole nitrogens is 1. The number of aromatic amines is 1. The monoisotopic (exact) mass is 765 g/mol. The van der Waals surface area contributed by atoms with Crippen LogP contribution in [0.5, 0.6) is 5.75 Å². The number of nitrogens with one attached hydrogen (secondary N) is 5. The molecule has 54 heavy (non-hydrogen) atoms. The van der Waals surface area contributed by atoms with E-state index >= 15 is 0 Å². The molecule has 5 amide bonds. The predicted molar refractivity (Wildman–Crippen MR) is 189 cm³/mol. The Balaban J connectivity index is 0.00000131. The van der Waals surface area contributed by atoms with Gasteiger partial charge in [0.15, 0.2) is 0 Å². The standard InChI is InChI=1S/C33H45N7O7.C2HF3O2/c1-19(41)30(31(35)45)40-29(44)17-23(7-5-6-14-34)38-32(46)28(16-22-18-36-26-9-4-3-8-25(22)26)39-33(47)27(37-20(2)42)15-21-10-12-24(43)13-11-21;3-2(4,5)1(6)7/h3-4,8-13,18-19,23,27-28,30,36,41,43H,5-7,14-17,34H2,1-2H3,(H2,35,45)(H,37,42)(H,38,46)(H,39,47)(H,40,44);(H,6,7)/t19-,23+,27+,28-,30+;/m1./s1. The lowest BCUT2D eigenvalue weighted by Crippen LogP contribution is -2.56. The molecular formula is C35H46F3N7O9. The second-order valence-electron chi connectivity index (χ2n) is 12.4. The van der Waals surface area contributed by atoms with Gasteiger partial charge in [0.2, 0.25) is 29.5 Å². The van der Waals surface area contributed by atoms with E-state index < -0.39 is 72.0 Å². The molecule has 0 bridgehead atoms. The van der Waals surface area contributed by atoms with E-state index in [-0.39, 0.29) is 25.0 Å². The van der Waals surface area contributed by atoms with Gasteiger partial charge in [-0.2, -0.15) is 13.2 Å². The highest BCUT2D eigenvalue weighted by Gasteiger charge is 2.38. The van der Waals surface area contributed by atoms with Crippen LogP contribution in [0.15, 0.2) is 54.7 Å². The number of hydrogen-bond donors (Lipinski definition) is 10. The number of alkyl halides is 3. The van der Waals surface area contributed by atoms with Crippen LogP contribution in [-0.2, 0) is 41.6 Å². The van der Waals surface area contributed by atoms with Gasteiger partial charge in [0, 0.05) is 49.3 Å². The van der Waals surface area contributed by atoms with E-state index in [1.54, 1.807) is 18.3 Å². The minimum absolute atomic E-state index is 0.0514. The Bertz CT molecular complexity index is 1730. The van der Waals surface area contributed by atoms with Crippen LogP contribution in [-0.4, -0.2) is 98.8 Å². The summed E-state index contributed by atoms with van der Waals surface area (Å²) >= 11 is 0. The van der Waals surface area contributed by atoms with Crippen molar-refractivity contribution in [1.82, 2.24) is 26.3 Å². The third-order valence-corrected chi connectivity index (χ3v) is 7.93. The summed E-state index contributed by atoms with van der Waals surface area (Å²) in [4.78, 5) is 76.3. The first-order valence-electron chi connectivity index (χ1n) is 16.8. The van der Waals surface area contributed by atoms with Gasteiger partial charge in [-0.05, 0) is 55.6 Å². The third kappa shape index (κ3) is 15.1. The number of nitrogens with two attached hydrogens (primary N) is 2. The molecule has 1 heterocycles. The molecule has 3 aromatic rings. The van der Waals surface area contributed by atoms with Crippen molar-refractivity contribution >= 4 is 46.4 Å². The molecule has 3 rings (SSSR count). The number of aliphatic carboxylic acids is 1. The first kappa shape index (κ1) is 44.5. The highest BCUT2D eigenvalue weighted by molar-refractivity contribution is 5.93. The van der Waals surface area contributed by atoms with Gasteiger partial charge in [-0.15, -0.1) is 0 Å². The smallest absolute Gasteiger partial charge is 0.490 e. The zero-order chi connectivity index (χ0) is 40.6. The molecule has 5 atom stereocenters. The second-order valence-corrected chi connectivity index (χ2v) is 12.4. The maximum Gasteiger partial charge on any atom is 0.490 e. The molecule has 0 aliphatic heterocycles. The number of phenols is 1. The number of carboxylic acid groups (broad SMARTS) is 1. The summed E-state index contributed by atoms with van der Waals surface area (Å²) < 4.78 is 31.7. The number of phenolic OH excluding ortho intramolecular Hbond substituents is 1. The Kier molecular flexibility index (Phi) is 17.4. The maximum atomic E-state index is 13.9. The Labute approximate surface area is 308 Å². The quantitative estimate of drug-likeness (QED) is 0.0807. The maximum absolute atomic E-state index is 13.9. The van der Waals surface area contributed by atoms with Crippen LogP contribution in [0.25, 0.3) is 10.9 Å². The number of primary amides is 1. The van der Waals surface area contributed by atoms with Gasteiger partial charge in [0.1, 0.15) is 23.9 Å². The van der Waals surface area contributed by atoms with E-state index in [4.69, 9.17) is 21.4 Å². The summed E-state index contributed by atoms with van der Waals surface area (Å²) in [7, 11) is 0. The van der Waals surface area contributed by atoms with Crippen LogP contribution in [0.4, 0.5) is 13.2 Å². The molecule has 296 valence electrons. The number of carbonyl (C=O) groups excluding carboxylic acids is 5. The molecule has 2 aromatic carbocycles. The Hall–Kier alpha value is -5.69. The van der Waals surface area contributed by atoms with Crippen LogP contribution in [0.1, 0.15) is 50.7 Å². The Morgan fingerprint density at radius 3 is 2.02 bits per heavy atom. The van der Waals surface area contributed by atoms with Crippen molar-refractivity contribution < 1.29 is 57.3 Å². The van der Waals surface area contributed by atoms with Crippen molar-refractivity contribution in [3.8, 4) is 5.75 Å².